The van der Waals surface area contributed by atoms with E-state index in [2.05, 4.69) is 26.2 Å². The molecular formula is C16H12BrClN2O3. The molecule has 23 heavy (non-hydrogen) atoms. The van der Waals surface area contributed by atoms with E-state index >= 15 is 0 Å². The molecule has 0 saturated heterocycles. The summed E-state index contributed by atoms with van der Waals surface area (Å²) in [5.41, 5.74) is 2.00. The lowest BCUT2D eigenvalue weighted by molar-refractivity contribution is -0.118. The van der Waals surface area contributed by atoms with E-state index in [9.17, 15) is 4.79 Å². The summed E-state index contributed by atoms with van der Waals surface area (Å²) >= 11 is 9.34. The number of nitrogens with zero attached hydrogens (tertiary/aromatic N) is 1. The quantitative estimate of drug-likeness (QED) is 0.703. The molecule has 1 heterocycles. The second-order valence-electron chi connectivity index (χ2n) is 4.83. The zero-order valence-corrected chi connectivity index (χ0v) is 14.4. The average Bonchev–Trinajstić information content (AvgIpc) is 2.85. The SMILES string of the molecule is Cc1nc2cc(NC(=O)COc3ccc(Br)cc3Cl)ccc2o1. The van der Waals surface area contributed by atoms with Crippen molar-refractivity contribution in [1.29, 1.82) is 0 Å². The van der Waals surface area contributed by atoms with Gasteiger partial charge in [0.25, 0.3) is 5.91 Å². The van der Waals surface area contributed by atoms with Gasteiger partial charge in [0.2, 0.25) is 0 Å². The van der Waals surface area contributed by atoms with Gasteiger partial charge in [0, 0.05) is 17.1 Å². The second-order valence-corrected chi connectivity index (χ2v) is 6.15. The Kier molecular flexibility index (Phi) is 4.54. The van der Waals surface area contributed by atoms with Crippen LogP contribution in [0.4, 0.5) is 5.69 Å². The first kappa shape index (κ1) is 15.8. The lowest BCUT2D eigenvalue weighted by Crippen LogP contribution is -2.20. The molecule has 118 valence electrons. The molecule has 0 aliphatic heterocycles. The maximum absolute atomic E-state index is 12.0. The normalized spacial score (nSPS) is 10.7. The molecule has 0 aliphatic carbocycles. The Morgan fingerprint density at radius 2 is 2.17 bits per heavy atom. The summed E-state index contributed by atoms with van der Waals surface area (Å²) in [5, 5.41) is 3.18. The van der Waals surface area contributed by atoms with Crippen molar-refractivity contribution in [2.24, 2.45) is 0 Å². The van der Waals surface area contributed by atoms with Crippen LogP contribution in [0.3, 0.4) is 0 Å². The fourth-order valence-electron chi connectivity index (χ4n) is 2.05. The van der Waals surface area contributed by atoms with E-state index in [0.717, 1.165) is 4.47 Å². The molecule has 3 aromatic rings. The molecule has 0 spiro atoms. The van der Waals surface area contributed by atoms with E-state index in [-0.39, 0.29) is 12.5 Å². The Morgan fingerprint density at radius 1 is 1.35 bits per heavy atom. The van der Waals surface area contributed by atoms with Gasteiger partial charge in [-0.25, -0.2) is 4.98 Å². The number of aromatic nitrogens is 1. The lowest BCUT2D eigenvalue weighted by atomic mass is 10.3. The number of halogens is 2. The number of hydrogen-bond acceptors (Lipinski definition) is 4. The van der Waals surface area contributed by atoms with Gasteiger partial charge in [-0.05, 0) is 36.4 Å². The maximum atomic E-state index is 12.0. The Hall–Kier alpha value is -2.05. The van der Waals surface area contributed by atoms with Crippen molar-refractivity contribution in [3.05, 3.63) is 51.8 Å². The number of ether oxygens (including phenoxy) is 1. The van der Waals surface area contributed by atoms with Gasteiger partial charge in [-0.2, -0.15) is 0 Å². The molecule has 0 saturated carbocycles. The zero-order chi connectivity index (χ0) is 16.4. The molecule has 0 radical (unpaired) electrons. The van der Waals surface area contributed by atoms with Crippen LogP contribution in [-0.4, -0.2) is 17.5 Å². The first-order chi connectivity index (χ1) is 11.0. The minimum absolute atomic E-state index is 0.142. The van der Waals surface area contributed by atoms with Crippen molar-refractivity contribution >= 4 is 50.2 Å². The largest absolute Gasteiger partial charge is 0.482 e. The molecule has 1 N–H and O–H groups in total. The van der Waals surface area contributed by atoms with E-state index in [1.54, 1.807) is 43.3 Å². The summed E-state index contributed by atoms with van der Waals surface area (Å²) in [4.78, 5) is 16.2. The van der Waals surface area contributed by atoms with Crippen molar-refractivity contribution in [3.8, 4) is 5.75 Å². The van der Waals surface area contributed by atoms with Gasteiger partial charge in [-0.15, -0.1) is 0 Å². The monoisotopic (exact) mass is 394 g/mol. The average molecular weight is 396 g/mol. The van der Waals surface area contributed by atoms with Gasteiger partial charge in [0.1, 0.15) is 11.3 Å². The van der Waals surface area contributed by atoms with Crippen molar-refractivity contribution in [3.63, 3.8) is 0 Å². The van der Waals surface area contributed by atoms with Crippen molar-refractivity contribution in [2.45, 2.75) is 6.92 Å². The van der Waals surface area contributed by atoms with Crippen LogP contribution in [0.2, 0.25) is 5.02 Å². The smallest absolute Gasteiger partial charge is 0.262 e. The van der Waals surface area contributed by atoms with Crippen LogP contribution in [0.5, 0.6) is 5.75 Å². The number of anilines is 1. The second kappa shape index (κ2) is 6.60. The fraction of sp³-hybridized carbons (Fsp3) is 0.125. The van der Waals surface area contributed by atoms with Gasteiger partial charge in [0.05, 0.1) is 5.02 Å². The number of nitrogens with one attached hydrogen (secondary N) is 1. The molecule has 2 aromatic carbocycles. The predicted molar refractivity (Wildman–Crippen MR) is 92.0 cm³/mol. The van der Waals surface area contributed by atoms with Crippen molar-refractivity contribution in [2.75, 3.05) is 11.9 Å². The number of carbonyl (C=O) groups excluding carboxylic acids is 1. The zero-order valence-electron chi connectivity index (χ0n) is 12.1. The van der Waals surface area contributed by atoms with Gasteiger partial charge in [0.15, 0.2) is 18.1 Å². The number of aryl methyl sites for hydroxylation is 1. The highest BCUT2D eigenvalue weighted by molar-refractivity contribution is 9.10. The lowest BCUT2D eigenvalue weighted by Gasteiger charge is -2.09. The minimum Gasteiger partial charge on any atom is -0.482 e. The van der Waals surface area contributed by atoms with E-state index in [1.165, 1.54) is 0 Å². The molecule has 0 aliphatic rings. The highest BCUT2D eigenvalue weighted by Crippen LogP contribution is 2.27. The topological polar surface area (TPSA) is 64.4 Å². The third-order valence-corrected chi connectivity index (χ3v) is 3.82. The number of hydrogen-bond donors (Lipinski definition) is 1. The molecule has 1 aromatic heterocycles. The Morgan fingerprint density at radius 3 is 2.96 bits per heavy atom. The number of carbonyl (C=O) groups is 1. The van der Waals surface area contributed by atoms with Crippen LogP contribution in [0.15, 0.2) is 45.3 Å². The first-order valence-corrected chi connectivity index (χ1v) is 7.93. The standard InChI is InChI=1S/C16H12BrClN2O3/c1-9-19-13-7-11(3-5-15(13)23-9)20-16(21)8-22-14-4-2-10(17)6-12(14)18/h2-7H,8H2,1H3,(H,20,21). The maximum Gasteiger partial charge on any atom is 0.262 e. The highest BCUT2D eigenvalue weighted by atomic mass is 79.9. The van der Waals surface area contributed by atoms with Gasteiger partial charge in [-0.1, -0.05) is 27.5 Å². The number of fused-ring (bicyclic) bond motifs is 1. The summed E-state index contributed by atoms with van der Waals surface area (Å²) < 4.78 is 11.7. The predicted octanol–water partition coefficient (Wildman–Crippen LogP) is 4.57. The van der Waals surface area contributed by atoms with Crippen LogP contribution in [0.25, 0.3) is 11.1 Å². The van der Waals surface area contributed by atoms with E-state index < -0.39 is 0 Å². The molecular weight excluding hydrogens is 384 g/mol. The third kappa shape index (κ3) is 3.83. The summed E-state index contributed by atoms with van der Waals surface area (Å²) in [6.07, 6.45) is 0. The van der Waals surface area contributed by atoms with Crippen LogP contribution < -0.4 is 10.1 Å². The molecule has 0 unspecified atom stereocenters. The minimum atomic E-state index is -0.288. The molecule has 0 fully saturated rings. The third-order valence-electron chi connectivity index (χ3n) is 3.03. The summed E-state index contributed by atoms with van der Waals surface area (Å²) in [7, 11) is 0. The van der Waals surface area contributed by atoms with E-state index in [4.69, 9.17) is 20.8 Å². The summed E-state index contributed by atoms with van der Waals surface area (Å²) in [6.45, 7) is 1.63. The van der Waals surface area contributed by atoms with Gasteiger partial charge >= 0.3 is 0 Å². The summed E-state index contributed by atoms with van der Waals surface area (Å²) in [5.74, 6) is 0.743. The van der Waals surface area contributed by atoms with Crippen molar-refractivity contribution in [1.82, 2.24) is 4.98 Å². The molecule has 7 heteroatoms. The van der Waals surface area contributed by atoms with Crippen molar-refractivity contribution < 1.29 is 13.9 Å². The van der Waals surface area contributed by atoms with Crippen LogP contribution >= 0.6 is 27.5 Å². The molecule has 3 rings (SSSR count). The van der Waals surface area contributed by atoms with E-state index in [0.29, 0.717) is 33.4 Å². The number of amides is 1. The van der Waals surface area contributed by atoms with Crippen LogP contribution in [-0.2, 0) is 4.79 Å². The number of benzene rings is 2. The molecule has 0 bridgehead atoms. The Bertz CT molecular complexity index is 879. The number of oxazole rings is 1. The van der Waals surface area contributed by atoms with Crippen LogP contribution in [0.1, 0.15) is 5.89 Å². The van der Waals surface area contributed by atoms with Gasteiger partial charge < -0.3 is 14.5 Å². The molecule has 1 amide bonds. The van der Waals surface area contributed by atoms with Crippen LogP contribution in [0, 0.1) is 6.92 Å². The molecule has 5 nitrogen and oxygen atoms in total. The number of rotatable bonds is 4. The summed E-state index contributed by atoms with van der Waals surface area (Å²) in [6, 6.07) is 10.4. The fourth-order valence-corrected chi connectivity index (χ4v) is 2.78. The van der Waals surface area contributed by atoms with E-state index in [1.807, 2.05) is 0 Å². The highest BCUT2D eigenvalue weighted by Gasteiger charge is 2.09. The Labute approximate surface area is 145 Å². The molecule has 0 atom stereocenters. The van der Waals surface area contributed by atoms with Gasteiger partial charge in [-0.3, -0.25) is 4.79 Å². The Balaban J connectivity index is 1.63. The first-order valence-electron chi connectivity index (χ1n) is 6.76.